The van der Waals surface area contributed by atoms with E-state index in [1.54, 1.807) is 30.3 Å². The van der Waals surface area contributed by atoms with E-state index < -0.39 is 0 Å². The Kier molecular flexibility index (Phi) is 3.78. The highest BCUT2D eigenvalue weighted by molar-refractivity contribution is 6.42. The molecule has 0 aliphatic carbocycles. The van der Waals surface area contributed by atoms with Crippen LogP contribution in [0.1, 0.15) is 11.4 Å². The summed E-state index contributed by atoms with van der Waals surface area (Å²) < 4.78 is 0. The van der Waals surface area contributed by atoms with Crippen molar-refractivity contribution < 1.29 is 0 Å². The molecule has 0 atom stereocenters. The lowest BCUT2D eigenvalue weighted by Gasteiger charge is -1.99. The first kappa shape index (κ1) is 13.9. The van der Waals surface area contributed by atoms with Crippen LogP contribution in [0.3, 0.4) is 0 Å². The van der Waals surface area contributed by atoms with Crippen molar-refractivity contribution in [3.05, 3.63) is 74.3 Å². The molecular formula is C16H10Cl2N2O. The van der Waals surface area contributed by atoms with Crippen LogP contribution in [0, 0.1) is 0 Å². The van der Waals surface area contributed by atoms with Crippen molar-refractivity contribution in [2.24, 2.45) is 0 Å². The van der Waals surface area contributed by atoms with Gasteiger partial charge in [0.2, 0.25) is 0 Å². The number of H-pyrrole nitrogens is 1. The van der Waals surface area contributed by atoms with Crippen LogP contribution in [0.4, 0.5) is 0 Å². The van der Waals surface area contributed by atoms with Gasteiger partial charge in [0.05, 0.1) is 20.9 Å². The number of hydrogen-bond donors (Lipinski definition) is 1. The van der Waals surface area contributed by atoms with Crippen LogP contribution in [0.15, 0.2) is 47.3 Å². The van der Waals surface area contributed by atoms with Gasteiger partial charge in [-0.3, -0.25) is 4.79 Å². The fourth-order valence-electron chi connectivity index (χ4n) is 1.97. The number of rotatable bonds is 2. The molecule has 0 radical (unpaired) electrons. The lowest BCUT2D eigenvalue weighted by atomic mass is 10.2. The summed E-state index contributed by atoms with van der Waals surface area (Å²) in [5, 5.41) is 1.56. The standard InChI is InChI=1S/C16H10Cl2N2O/c17-12-7-5-10(9-13(12)18)6-8-15-19-14-4-2-1-3-11(14)16(21)20-15/h1-9H,(H,19,20,21). The summed E-state index contributed by atoms with van der Waals surface area (Å²) >= 11 is 11.8. The van der Waals surface area contributed by atoms with Gasteiger partial charge in [-0.2, -0.15) is 0 Å². The van der Waals surface area contributed by atoms with Gasteiger partial charge < -0.3 is 4.98 Å². The van der Waals surface area contributed by atoms with Crippen molar-refractivity contribution in [2.45, 2.75) is 0 Å². The molecule has 0 saturated heterocycles. The lowest BCUT2D eigenvalue weighted by molar-refractivity contribution is 1.14. The van der Waals surface area contributed by atoms with Crippen molar-refractivity contribution in [3.63, 3.8) is 0 Å². The summed E-state index contributed by atoms with van der Waals surface area (Å²) in [4.78, 5) is 19.1. The minimum absolute atomic E-state index is 0.158. The molecule has 21 heavy (non-hydrogen) atoms. The van der Waals surface area contributed by atoms with Gasteiger partial charge in [0.15, 0.2) is 0 Å². The second kappa shape index (κ2) is 5.72. The number of halogens is 2. The molecule has 3 nitrogen and oxygen atoms in total. The summed E-state index contributed by atoms with van der Waals surface area (Å²) in [5.74, 6) is 0.491. The number of nitrogens with zero attached hydrogens (tertiary/aromatic N) is 1. The van der Waals surface area contributed by atoms with Crippen LogP contribution in [-0.2, 0) is 0 Å². The van der Waals surface area contributed by atoms with Gasteiger partial charge in [0.1, 0.15) is 5.82 Å². The van der Waals surface area contributed by atoms with Gasteiger partial charge >= 0.3 is 0 Å². The zero-order valence-electron chi connectivity index (χ0n) is 10.8. The van der Waals surface area contributed by atoms with E-state index in [4.69, 9.17) is 23.2 Å². The van der Waals surface area contributed by atoms with Crippen molar-refractivity contribution in [2.75, 3.05) is 0 Å². The summed E-state index contributed by atoms with van der Waals surface area (Å²) in [5.41, 5.74) is 1.38. The van der Waals surface area contributed by atoms with Gasteiger partial charge in [0.25, 0.3) is 5.56 Å². The number of nitrogens with one attached hydrogen (secondary N) is 1. The van der Waals surface area contributed by atoms with Gasteiger partial charge in [-0.1, -0.05) is 47.5 Å². The molecule has 1 N–H and O–H groups in total. The van der Waals surface area contributed by atoms with E-state index in [1.165, 1.54) is 0 Å². The van der Waals surface area contributed by atoms with Crippen molar-refractivity contribution >= 4 is 46.3 Å². The minimum atomic E-state index is -0.158. The van der Waals surface area contributed by atoms with Crippen LogP contribution < -0.4 is 5.56 Å². The molecule has 0 saturated carbocycles. The first-order valence-electron chi connectivity index (χ1n) is 6.26. The Balaban J connectivity index is 1.99. The van der Waals surface area contributed by atoms with Crippen molar-refractivity contribution in [1.29, 1.82) is 0 Å². The van der Waals surface area contributed by atoms with Crippen LogP contribution in [0.2, 0.25) is 10.0 Å². The number of fused-ring (bicyclic) bond motifs is 1. The minimum Gasteiger partial charge on any atom is -0.306 e. The number of aromatic amines is 1. The monoisotopic (exact) mass is 316 g/mol. The molecule has 1 heterocycles. The summed E-state index contributed by atoms with van der Waals surface area (Å²) in [7, 11) is 0. The van der Waals surface area contributed by atoms with Crippen LogP contribution in [-0.4, -0.2) is 9.97 Å². The zero-order chi connectivity index (χ0) is 14.8. The molecule has 3 aromatic rings. The molecule has 1 aromatic heterocycles. The number of aromatic nitrogens is 2. The molecule has 0 bridgehead atoms. The first-order chi connectivity index (χ1) is 10.1. The Morgan fingerprint density at radius 3 is 2.62 bits per heavy atom. The predicted octanol–water partition coefficient (Wildman–Crippen LogP) is 4.40. The predicted molar refractivity (Wildman–Crippen MR) is 87.8 cm³/mol. The molecule has 0 amide bonds. The second-order valence-electron chi connectivity index (χ2n) is 4.48. The van der Waals surface area contributed by atoms with E-state index in [-0.39, 0.29) is 5.56 Å². The Morgan fingerprint density at radius 2 is 1.81 bits per heavy atom. The fraction of sp³-hybridized carbons (Fsp3) is 0. The van der Waals surface area contributed by atoms with Crippen molar-refractivity contribution in [3.8, 4) is 0 Å². The van der Waals surface area contributed by atoms with Crippen LogP contribution in [0.5, 0.6) is 0 Å². The van der Waals surface area contributed by atoms with Gasteiger partial charge in [-0.05, 0) is 35.9 Å². The normalized spacial score (nSPS) is 11.3. The quantitative estimate of drug-likeness (QED) is 0.761. The molecular weight excluding hydrogens is 307 g/mol. The van der Waals surface area contributed by atoms with E-state index in [9.17, 15) is 4.79 Å². The fourth-order valence-corrected chi connectivity index (χ4v) is 2.28. The SMILES string of the molecule is O=c1[nH]c(C=Cc2ccc(Cl)c(Cl)c2)nc2ccccc12. The number of para-hydroxylation sites is 1. The maximum atomic E-state index is 11.9. The third-order valence-electron chi connectivity index (χ3n) is 3.01. The summed E-state index contributed by atoms with van der Waals surface area (Å²) in [6.45, 7) is 0. The molecule has 3 rings (SSSR count). The third kappa shape index (κ3) is 2.99. The van der Waals surface area contributed by atoms with E-state index >= 15 is 0 Å². The molecule has 5 heteroatoms. The second-order valence-corrected chi connectivity index (χ2v) is 5.29. The number of hydrogen-bond acceptors (Lipinski definition) is 2. The van der Waals surface area contributed by atoms with Gasteiger partial charge in [-0.15, -0.1) is 0 Å². The molecule has 0 spiro atoms. The topological polar surface area (TPSA) is 45.8 Å². The highest BCUT2D eigenvalue weighted by atomic mass is 35.5. The first-order valence-corrected chi connectivity index (χ1v) is 7.01. The molecule has 0 unspecified atom stereocenters. The molecule has 0 aliphatic heterocycles. The molecule has 104 valence electrons. The largest absolute Gasteiger partial charge is 0.306 e. The maximum Gasteiger partial charge on any atom is 0.259 e. The third-order valence-corrected chi connectivity index (χ3v) is 3.75. The lowest BCUT2D eigenvalue weighted by Crippen LogP contribution is -2.09. The number of benzene rings is 2. The van der Waals surface area contributed by atoms with E-state index in [0.29, 0.717) is 26.8 Å². The Morgan fingerprint density at radius 1 is 1.00 bits per heavy atom. The van der Waals surface area contributed by atoms with Crippen LogP contribution in [0.25, 0.3) is 23.1 Å². The Hall–Kier alpha value is -2.10. The van der Waals surface area contributed by atoms with E-state index in [2.05, 4.69) is 9.97 Å². The van der Waals surface area contributed by atoms with Crippen molar-refractivity contribution in [1.82, 2.24) is 9.97 Å². The van der Waals surface area contributed by atoms with Gasteiger partial charge in [0, 0.05) is 0 Å². The highest BCUT2D eigenvalue weighted by Crippen LogP contribution is 2.23. The molecule has 0 aliphatic rings. The van der Waals surface area contributed by atoms with Gasteiger partial charge in [-0.25, -0.2) is 4.98 Å². The van der Waals surface area contributed by atoms with E-state index in [1.807, 2.05) is 24.3 Å². The highest BCUT2D eigenvalue weighted by Gasteiger charge is 2.01. The molecule has 2 aromatic carbocycles. The van der Waals surface area contributed by atoms with E-state index in [0.717, 1.165) is 5.56 Å². The average molecular weight is 317 g/mol. The maximum absolute atomic E-state index is 11.9. The zero-order valence-corrected chi connectivity index (χ0v) is 12.3. The summed E-state index contributed by atoms with van der Waals surface area (Å²) in [6, 6.07) is 12.5. The average Bonchev–Trinajstić information content (AvgIpc) is 2.49. The Labute approximate surface area is 130 Å². The van der Waals surface area contributed by atoms with Crippen LogP contribution >= 0.6 is 23.2 Å². The smallest absolute Gasteiger partial charge is 0.259 e. The molecule has 0 fully saturated rings. The summed E-state index contributed by atoms with van der Waals surface area (Å²) in [6.07, 6.45) is 3.54. The Bertz CT molecular complexity index is 900.